The zero-order valence-electron chi connectivity index (χ0n) is 22.7. The van der Waals surface area contributed by atoms with Gasteiger partial charge in [0.25, 0.3) is 11.8 Å². The molecule has 0 N–H and O–H groups in total. The highest BCUT2D eigenvalue weighted by atomic mass is 16.5. The van der Waals surface area contributed by atoms with Gasteiger partial charge in [0.15, 0.2) is 12.2 Å². The molecule has 0 spiro atoms. The van der Waals surface area contributed by atoms with Crippen LogP contribution in [0.3, 0.4) is 0 Å². The molecule has 0 saturated carbocycles. The summed E-state index contributed by atoms with van der Waals surface area (Å²) in [6.45, 7) is 0.150. The molecule has 2 aliphatic rings. The summed E-state index contributed by atoms with van der Waals surface area (Å²) < 4.78 is 11.6. The van der Waals surface area contributed by atoms with Crippen LogP contribution in [-0.4, -0.2) is 46.8 Å². The first-order valence-corrected chi connectivity index (χ1v) is 14.0. The second kappa shape index (κ2) is 11.8. The molecule has 1 aliphatic carbocycles. The van der Waals surface area contributed by atoms with E-state index < -0.39 is 11.9 Å². The third kappa shape index (κ3) is 5.77. The smallest absolute Gasteiger partial charge is 0.261 e. The molecule has 2 heterocycles. The number of nitrogens with zero attached hydrogens (tertiary/aromatic N) is 3. The molecule has 41 heavy (non-hydrogen) atoms. The minimum Gasteiger partial charge on any atom is -0.484 e. The number of benzene rings is 3. The topological polar surface area (TPSA) is 93.0 Å². The van der Waals surface area contributed by atoms with Crippen LogP contribution in [0.5, 0.6) is 5.75 Å². The maximum atomic E-state index is 13.7. The maximum absolute atomic E-state index is 13.7. The summed E-state index contributed by atoms with van der Waals surface area (Å²) in [7, 11) is 0. The summed E-state index contributed by atoms with van der Waals surface area (Å²) in [6, 6.07) is 22.7. The Bertz CT molecular complexity index is 1560. The number of ether oxygens (including phenoxy) is 1. The van der Waals surface area contributed by atoms with Crippen LogP contribution in [0.1, 0.15) is 38.5 Å². The number of allylic oxidation sites excluding steroid dienone is 1. The second-order valence-corrected chi connectivity index (χ2v) is 10.4. The molecule has 3 aromatic carbocycles. The fourth-order valence-electron chi connectivity index (χ4n) is 5.47. The number of para-hydroxylation sites is 3. The molecule has 1 saturated heterocycles. The highest BCUT2D eigenvalue weighted by Gasteiger charge is 2.44. The molecule has 1 atom stereocenters. The molecule has 0 radical (unpaired) electrons. The number of anilines is 1. The minimum absolute atomic E-state index is 0.0676. The van der Waals surface area contributed by atoms with Crippen LogP contribution in [-0.2, 0) is 14.4 Å². The van der Waals surface area contributed by atoms with Crippen molar-refractivity contribution in [2.75, 3.05) is 18.1 Å². The van der Waals surface area contributed by atoms with Crippen molar-refractivity contribution in [1.29, 1.82) is 0 Å². The molecular formula is C33H31N3O5. The van der Waals surface area contributed by atoms with E-state index in [0.29, 0.717) is 35.9 Å². The molecule has 0 bridgehead atoms. The van der Waals surface area contributed by atoms with E-state index in [4.69, 9.17) is 9.15 Å². The Morgan fingerprint density at radius 3 is 2.51 bits per heavy atom. The number of amides is 3. The van der Waals surface area contributed by atoms with Crippen LogP contribution in [0.2, 0.25) is 0 Å². The maximum Gasteiger partial charge on any atom is 0.261 e. The largest absolute Gasteiger partial charge is 0.484 e. The third-order valence-electron chi connectivity index (χ3n) is 7.65. The van der Waals surface area contributed by atoms with Crippen LogP contribution in [0.25, 0.3) is 22.6 Å². The Morgan fingerprint density at radius 1 is 0.976 bits per heavy atom. The number of hydrogen-bond acceptors (Lipinski definition) is 6. The molecule has 208 valence electrons. The van der Waals surface area contributed by atoms with Crippen LogP contribution in [0.4, 0.5) is 5.69 Å². The molecule has 4 aromatic rings. The first-order chi connectivity index (χ1) is 20.1. The van der Waals surface area contributed by atoms with Gasteiger partial charge in [0.2, 0.25) is 11.8 Å². The molecule has 6 rings (SSSR count). The van der Waals surface area contributed by atoms with Crippen molar-refractivity contribution in [3.05, 3.63) is 90.5 Å². The van der Waals surface area contributed by atoms with Gasteiger partial charge in [-0.1, -0.05) is 42.0 Å². The fraction of sp³-hybridized carbons (Fsp3) is 0.273. The molecular weight excluding hydrogens is 518 g/mol. The normalized spacial score (nSPS) is 17.1. The van der Waals surface area contributed by atoms with Crippen molar-refractivity contribution in [1.82, 2.24) is 9.88 Å². The molecule has 3 amide bonds. The van der Waals surface area contributed by atoms with Gasteiger partial charge < -0.3 is 14.1 Å². The molecule has 1 unspecified atom stereocenters. The van der Waals surface area contributed by atoms with E-state index in [1.165, 1.54) is 21.8 Å². The van der Waals surface area contributed by atoms with Gasteiger partial charge in [-0.15, -0.1) is 0 Å². The Hall–Kier alpha value is -4.72. The van der Waals surface area contributed by atoms with Crippen molar-refractivity contribution >= 4 is 34.5 Å². The van der Waals surface area contributed by atoms with Crippen LogP contribution in [0.15, 0.2) is 94.9 Å². The van der Waals surface area contributed by atoms with Crippen molar-refractivity contribution in [2.24, 2.45) is 0 Å². The van der Waals surface area contributed by atoms with Gasteiger partial charge in [-0.25, -0.2) is 9.88 Å². The number of carbonyl (C=O) groups excluding carboxylic acids is 3. The first kappa shape index (κ1) is 26.5. The van der Waals surface area contributed by atoms with Crippen molar-refractivity contribution in [2.45, 2.75) is 44.6 Å². The summed E-state index contributed by atoms with van der Waals surface area (Å²) in [5.41, 5.74) is 3.91. The average Bonchev–Trinajstić information content (AvgIpc) is 3.57. The number of aromatic nitrogens is 1. The molecule has 1 fully saturated rings. The van der Waals surface area contributed by atoms with Crippen molar-refractivity contribution < 1.29 is 23.5 Å². The van der Waals surface area contributed by atoms with Gasteiger partial charge >= 0.3 is 0 Å². The Morgan fingerprint density at radius 2 is 1.76 bits per heavy atom. The monoisotopic (exact) mass is 549 g/mol. The van der Waals surface area contributed by atoms with Crippen LogP contribution in [0, 0.1) is 0 Å². The number of oxazole rings is 1. The Kier molecular flexibility index (Phi) is 7.63. The molecule has 1 aliphatic heterocycles. The summed E-state index contributed by atoms with van der Waals surface area (Å²) in [6.07, 6.45) is 7.18. The minimum atomic E-state index is -0.879. The quantitative estimate of drug-likeness (QED) is 0.190. The van der Waals surface area contributed by atoms with E-state index in [1.807, 2.05) is 42.5 Å². The van der Waals surface area contributed by atoms with E-state index in [0.717, 1.165) is 30.3 Å². The van der Waals surface area contributed by atoms with E-state index in [-0.39, 0.29) is 24.8 Å². The lowest BCUT2D eigenvalue weighted by molar-refractivity contribution is -0.140. The lowest BCUT2D eigenvalue weighted by atomic mass is 9.97. The molecule has 8 heteroatoms. The van der Waals surface area contributed by atoms with E-state index in [2.05, 4.69) is 11.1 Å². The average molecular weight is 550 g/mol. The van der Waals surface area contributed by atoms with Crippen LogP contribution < -0.4 is 9.64 Å². The molecule has 8 nitrogen and oxygen atoms in total. The Balaban J connectivity index is 1.20. The van der Waals surface area contributed by atoms with Gasteiger partial charge in [0.05, 0.1) is 12.1 Å². The van der Waals surface area contributed by atoms with Gasteiger partial charge in [-0.3, -0.25) is 14.4 Å². The lowest BCUT2D eigenvalue weighted by Gasteiger charge is -2.28. The number of carbonyl (C=O) groups is 3. The zero-order chi connectivity index (χ0) is 28.2. The number of hydrogen-bond donors (Lipinski definition) is 0. The Labute approximate surface area is 238 Å². The van der Waals surface area contributed by atoms with Crippen molar-refractivity contribution in [3.63, 3.8) is 0 Å². The van der Waals surface area contributed by atoms with E-state index in [1.54, 1.807) is 36.4 Å². The van der Waals surface area contributed by atoms with Gasteiger partial charge in [0.1, 0.15) is 17.3 Å². The molecule has 1 aromatic heterocycles. The third-order valence-corrected chi connectivity index (χ3v) is 7.65. The summed E-state index contributed by atoms with van der Waals surface area (Å²) >= 11 is 0. The standard InChI is InChI=1S/C33H31N3O5/c37-30-21-28(35(20-19-23-9-3-1-4-10-23)31(38)22-40-26-11-5-2-6-12-26)33(39)36(30)25-17-15-24(16-18-25)32-34-27-13-7-8-14-29(27)41-32/h2,5-9,11-18,28H,1,3-4,10,19-22H2. The van der Waals surface area contributed by atoms with Crippen LogP contribution >= 0.6 is 0 Å². The van der Waals surface area contributed by atoms with E-state index >= 15 is 0 Å². The summed E-state index contributed by atoms with van der Waals surface area (Å²) in [5.74, 6) is -0.0275. The SMILES string of the molecule is O=C1CC(N(CCC2=CCCCC2)C(=O)COc2ccccc2)C(=O)N1c1ccc(-c2nc3ccccc3o2)cc1. The van der Waals surface area contributed by atoms with Gasteiger partial charge in [-0.05, 0) is 80.6 Å². The predicted octanol–water partition coefficient (Wildman–Crippen LogP) is 5.92. The lowest BCUT2D eigenvalue weighted by Crippen LogP contribution is -2.47. The predicted molar refractivity (Wildman–Crippen MR) is 155 cm³/mol. The van der Waals surface area contributed by atoms with E-state index in [9.17, 15) is 14.4 Å². The number of imide groups is 1. The first-order valence-electron chi connectivity index (χ1n) is 14.0. The number of fused-ring (bicyclic) bond motifs is 1. The highest BCUT2D eigenvalue weighted by molar-refractivity contribution is 6.23. The summed E-state index contributed by atoms with van der Waals surface area (Å²) in [5, 5.41) is 0. The van der Waals surface area contributed by atoms with Gasteiger partial charge in [-0.2, -0.15) is 0 Å². The zero-order valence-corrected chi connectivity index (χ0v) is 22.7. The van der Waals surface area contributed by atoms with Gasteiger partial charge in [0, 0.05) is 12.1 Å². The second-order valence-electron chi connectivity index (χ2n) is 10.4. The van der Waals surface area contributed by atoms with Crippen molar-refractivity contribution in [3.8, 4) is 17.2 Å². The highest BCUT2D eigenvalue weighted by Crippen LogP contribution is 2.30. The fourth-order valence-corrected chi connectivity index (χ4v) is 5.47. The number of rotatable bonds is 9. The summed E-state index contributed by atoms with van der Waals surface area (Å²) in [4.78, 5) is 47.5.